The number of anilines is 2. The van der Waals surface area contributed by atoms with Crippen LogP contribution in [0.3, 0.4) is 0 Å². The Morgan fingerprint density at radius 2 is 1.79 bits per heavy atom. The summed E-state index contributed by atoms with van der Waals surface area (Å²) in [6.07, 6.45) is 5.09. The van der Waals surface area contributed by atoms with Crippen LogP contribution in [-0.2, 0) is 0 Å². The molecule has 0 radical (unpaired) electrons. The van der Waals surface area contributed by atoms with Gasteiger partial charge in [0.05, 0.1) is 16.5 Å². The van der Waals surface area contributed by atoms with E-state index in [4.69, 9.17) is 17.3 Å². The van der Waals surface area contributed by atoms with Crippen LogP contribution >= 0.6 is 11.6 Å². The van der Waals surface area contributed by atoms with Crippen LogP contribution in [0.25, 0.3) is 27.6 Å². The van der Waals surface area contributed by atoms with E-state index < -0.39 is 0 Å². The van der Waals surface area contributed by atoms with Gasteiger partial charge in [-0.3, -0.25) is 14.3 Å². The zero-order valence-corrected chi connectivity index (χ0v) is 19.1. The second kappa shape index (κ2) is 8.96. The van der Waals surface area contributed by atoms with E-state index in [1.807, 2.05) is 67.6 Å². The number of hydrogen-bond acceptors (Lipinski definition) is 6. The number of para-hydroxylation sites is 1. The third kappa shape index (κ3) is 3.97. The molecule has 3 aromatic heterocycles. The van der Waals surface area contributed by atoms with E-state index in [1.54, 1.807) is 29.2 Å². The van der Waals surface area contributed by atoms with Crippen molar-refractivity contribution in [1.82, 2.24) is 19.5 Å². The fourth-order valence-corrected chi connectivity index (χ4v) is 4.29. The van der Waals surface area contributed by atoms with Gasteiger partial charge in [-0.1, -0.05) is 41.9 Å². The molecule has 0 fully saturated rings. The first kappa shape index (κ1) is 21.6. The SMILES string of the molecule is CC(Nc1nc(N)ncc1-c1ccncc1)c1cc2cccc(Cl)c2c(=O)n1-c1ccccc1. The van der Waals surface area contributed by atoms with Crippen molar-refractivity contribution in [1.29, 1.82) is 0 Å². The second-order valence-corrected chi connectivity index (χ2v) is 8.25. The van der Waals surface area contributed by atoms with Crippen molar-refractivity contribution in [2.24, 2.45) is 0 Å². The van der Waals surface area contributed by atoms with Crippen LogP contribution in [0.4, 0.5) is 11.8 Å². The Balaban J connectivity index is 1.68. The van der Waals surface area contributed by atoms with Gasteiger partial charge in [0.2, 0.25) is 5.95 Å². The first-order valence-electron chi connectivity index (χ1n) is 10.7. The van der Waals surface area contributed by atoms with E-state index in [1.165, 1.54) is 0 Å². The third-order valence-electron chi connectivity index (χ3n) is 5.63. The number of fused-ring (bicyclic) bond motifs is 1. The topological polar surface area (TPSA) is 98.7 Å². The van der Waals surface area contributed by atoms with Crippen LogP contribution in [0.2, 0.25) is 5.02 Å². The van der Waals surface area contributed by atoms with Crippen molar-refractivity contribution in [3.05, 3.63) is 106 Å². The number of rotatable bonds is 5. The predicted octanol–water partition coefficient (Wildman–Crippen LogP) is 5.25. The third-order valence-corrected chi connectivity index (χ3v) is 5.95. The number of pyridine rings is 2. The van der Waals surface area contributed by atoms with Gasteiger partial charge < -0.3 is 11.1 Å². The fourth-order valence-electron chi connectivity index (χ4n) is 4.03. The van der Waals surface area contributed by atoms with Crippen molar-refractivity contribution in [3.8, 4) is 16.8 Å². The number of aromatic nitrogens is 4. The monoisotopic (exact) mass is 468 g/mol. The lowest BCUT2D eigenvalue weighted by Gasteiger charge is -2.22. The van der Waals surface area contributed by atoms with E-state index in [0.717, 1.165) is 27.9 Å². The Labute approximate surface area is 200 Å². The highest BCUT2D eigenvalue weighted by atomic mass is 35.5. The molecule has 0 saturated heterocycles. The van der Waals surface area contributed by atoms with Crippen LogP contribution in [0.5, 0.6) is 0 Å². The van der Waals surface area contributed by atoms with Gasteiger partial charge in [0.25, 0.3) is 5.56 Å². The molecule has 7 nitrogen and oxygen atoms in total. The highest BCUT2D eigenvalue weighted by Crippen LogP contribution is 2.31. The van der Waals surface area contributed by atoms with E-state index in [2.05, 4.69) is 20.3 Å². The molecule has 0 bridgehead atoms. The van der Waals surface area contributed by atoms with Gasteiger partial charge in [-0.05, 0) is 54.3 Å². The number of halogens is 1. The molecular formula is C26H21ClN6O. The number of benzene rings is 2. The minimum absolute atomic E-state index is 0.151. The fraction of sp³-hybridized carbons (Fsp3) is 0.0769. The molecule has 0 saturated carbocycles. The summed E-state index contributed by atoms with van der Waals surface area (Å²) in [5.74, 6) is 0.711. The van der Waals surface area contributed by atoms with Crippen molar-refractivity contribution in [3.63, 3.8) is 0 Å². The Morgan fingerprint density at radius 1 is 1.03 bits per heavy atom. The maximum atomic E-state index is 13.7. The normalized spacial score (nSPS) is 11.9. The van der Waals surface area contributed by atoms with E-state index >= 15 is 0 Å². The minimum Gasteiger partial charge on any atom is -0.368 e. The standard InChI is InChI=1S/C26H21ClN6O/c1-16(31-24-20(15-30-26(28)32-24)17-10-12-29-13-11-17)22-14-18-6-5-9-21(27)23(18)25(34)33(22)19-7-3-2-4-8-19/h2-16H,1H3,(H3,28,30,31,32). The lowest BCUT2D eigenvalue weighted by molar-refractivity contribution is 0.773. The maximum Gasteiger partial charge on any atom is 0.264 e. The summed E-state index contributed by atoms with van der Waals surface area (Å²) in [5, 5.41) is 5.11. The lowest BCUT2D eigenvalue weighted by Crippen LogP contribution is -2.26. The smallest absolute Gasteiger partial charge is 0.264 e. The number of hydrogen-bond donors (Lipinski definition) is 2. The highest BCUT2D eigenvalue weighted by molar-refractivity contribution is 6.35. The van der Waals surface area contributed by atoms with Gasteiger partial charge >= 0.3 is 0 Å². The summed E-state index contributed by atoms with van der Waals surface area (Å²) < 4.78 is 1.68. The quantitative estimate of drug-likeness (QED) is 0.365. The van der Waals surface area contributed by atoms with E-state index in [0.29, 0.717) is 16.2 Å². The molecule has 1 unspecified atom stereocenters. The molecule has 3 N–H and O–H groups in total. The molecule has 34 heavy (non-hydrogen) atoms. The zero-order chi connectivity index (χ0) is 23.7. The molecule has 5 aromatic rings. The number of nitrogens with one attached hydrogen (secondary N) is 1. The molecule has 0 aliphatic rings. The van der Waals surface area contributed by atoms with Gasteiger partial charge in [0.15, 0.2) is 0 Å². The average molecular weight is 469 g/mol. The molecule has 8 heteroatoms. The number of nitrogens with zero attached hydrogens (tertiary/aromatic N) is 4. The summed E-state index contributed by atoms with van der Waals surface area (Å²) >= 11 is 6.42. The maximum absolute atomic E-state index is 13.7. The lowest BCUT2D eigenvalue weighted by atomic mass is 10.1. The van der Waals surface area contributed by atoms with Crippen LogP contribution in [-0.4, -0.2) is 19.5 Å². The summed E-state index contributed by atoms with van der Waals surface area (Å²) in [5.41, 5.74) is 8.90. The number of nitrogens with two attached hydrogens (primary N) is 1. The Kier molecular flexibility index (Phi) is 5.69. The summed E-state index contributed by atoms with van der Waals surface area (Å²) in [7, 11) is 0. The van der Waals surface area contributed by atoms with Crippen LogP contribution < -0.4 is 16.6 Å². The molecule has 0 amide bonds. The molecule has 3 heterocycles. The summed E-state index contributed by atoms with van der Waals surface area (Å²) in [6, 6.07) is 20.4. The van der Waals surface area contributed by atoms with Crippen LogP contribution in [0.15, 0.2) is 90.1 Å². The van der Waals surface area contributed by atoms with Crippen LogP contribution in [0.1, 0.15) is 18.7 Å². The van der Waals surface area contributed by atoms with Gasteiger partial charge in [-0.2, -0.15) is 4.98 Å². The summed E-state index contributed by atoms with van der Waals surface area (Å²) in [4.78, 5) is 26.4. The summed E-state index contributed by atoms with van der Waals surface area (Å²) in [6.45, 7) is 1.97. The molecule has 0 aliphatic carbocycles. The molecule has 5 rings (SSSR count). The van der Waals surface area contributed by atoms with Gasteiger partial charge in [0.1, 0.15) is 5.82 Å². The number of nitrogen functional groups attached to an aromatic ring is 1. The molecule has 0 aliphatic heterocycles. The van der Waals surface area contributed by atoms with Gasteiger partial charge in [0, 0.05) is 35.5 Å². The zero-order valence-electron chi connectivity index (χ0n) is 18.3. The molecule has 2 aromatic carbocycles. The Bertz CT molecular complexity index is 1540. The van der Waals surface area contributed by atoms with Gasteiger partial charge in [-0.15, -0.1) is 0 Å². The van der Waals surface area contributed by atoms with Crippen LogP contribution in [0, 0.1) is 0 Å². The molecular weight excluding hydrogens is 448 g/mol. The van der Waals surface area contributed by atoms with Crippen molar-refractivity contribution in [2.75, 3.05) is 11.1 Å². The first-order chi connectivity index (χ1) is 16.5. The Morgan fingerprint density at radius 3 is 2.56 bits per heavy atom. The highest BCUT2D eigenvalue weighted by Gasteiger charge is 2.19. The second-order valence-electron chi connectivity index (χ2n) is 7.84. The average Bonchev–Trinajstić information content (AvgIpc) is 2.85. The largest absolute Gasteiger partial charge is 0.368 e. The first-order valence-corrected chi connectivity index (χ1v) is 11.1. The van der Waals surface area contributed by atoms with E-state index in [9.17, 15) is 4.79 Å². The predicted molar refractivity (Wildman–Crippen MR) is 136 cm³/mol. The van der Waals surface area contributed by atoms with E-state index in [-0.39, 0.29) is 17.5 Å². The molecule has 1 atom stereocenters. The van der Waals surface area contributed by atoms with Crippen molar-refractivity contribution < 1.29 is 0 Å². The van der Waals surface area contributed by atoms with Crippen molar-refractivity contribution >= 4 is 34.1 Å². The van der Waals surface area contributed by atoms with Gasteiger partial charge in [-0.25, -0.2) is 4.98 Å². The van der Waals surface area contributed by atoms with Crippen molar-refractivity contribution in [2.45, 2.75) is 13.0 Å². The minimum atomic E-state index is -0.314. The molecule has 0 spiro atoms. The molecule has 168 valence electrons. The Hall–Kier alpha value is -4.23.